The van der Waals surface area contributed by atoms with E-state index in [2.05, 4.69) is 0 Å². The highest BCUT2D eigenvalue weighted by atomic mass is 16.6. The highest BCUT2D eigenvalue weighted by Gasteiger charge is 2.33. The van der Waals surface area contributed by atoms with E-state index >= 15 is 0 Å². The van der Waals surface area contributed by atoms with Crippen molar-refractivity contribution < 1.29 is 19.1 Å². The van der Waals surface area contributed by atoms with Gasteiger partial charge >= 0.3 is 12.1 Å². The normalized spacial score (nSPS) is 32.0. The molecule has 1 amide bonds. The SMILES string of the molecule is CCN1C[C@H](CCCC2CCCC(OC(C)=O)C2N)OC1=O. The number of hydrogen-bond acceptors (Lipinski definition) is 5. The molecule has 22 heavy (non-hydrogen) atoms. The van der Waals surface area contributed by atoms with Gasteiger partial charge in [0, 0.05) is 19.5 Å². The summed E-state index contributed by atoms with van der Waals surface area (Å²) in [6.07, 6.45) is 5.54. The summed E-state index contributed by atoms with van der Waals surface area (Å²) in [5, 5.41) is 0. The fourth-order valence-electron chi connectivity index (χ4n) is 3.55. The van der Waals surface area contributed by atoms with Crippen LogP contribution in [0.5, 0.6) is 0 Å². The van der Waals surface area contributed by atoms with Gasteiger partial charge in [-0.3, -0.25) is 4.79 Å². The lowest BCUT2D eigenvalue weighted by Gasteiger charge is -2.35. The first-order valence-corrected chi connectivity index (χ1v) is 8.39. The summed E-state index contributed by atoms with van der Waals surface area (Å²) in [5.41, 5.74) is 6.26. The molecule has 0 aromatic rings. The minimum atomic E-state index is -0.251. The lowest BCUT2D eigenvalue weighted by molar-refractivity contribution is -0.149. The minimum Gasteiger partial charge on any atom is -0.461 e. The molecule has 1 aliphatic heterocycles. The van der Waals surface area contributed by atoms with Crippen molar-refractivity contribution in [2.45, 2.75) is 70.6 Å². The Labute approximate surface area is 132 Å². The van der Waals surface area contributed by atoms with Crippen LogP contribution in [0.4, 0.5) is 4.79 Å². The van der Waals surface area contributed by atoms with Crippen molar-refractivity contribution >= 4 is 12.1 Å². The Kier molecular flexibility index (Phi) is 6.06. The Morgan fingerprint density at radius 2 is 2.18 bits per heavy atom. The van der Waals surface area contributed by atoms with Crippen LogP contribution in [0.3, 0.4) is 0 Å². The number of ether oxygens (including phenoxy) is 2. The molecule has 1 saturated carbocycles. The Morgan fingerprint density at radius 3 is 2.82 bits per heavy atom. The number of carbonyl (C=O) groups is 2. The Morgan fingerprint density at radius 1 is 1.41 bits per heavy atom. The van der Waals surface area contributed by atoms with E-state index < -0.39 is 0 Å². The number of amides is 1. The van der Waals surface area contributed by atoms with Crippen molar-refractivity contribution in [2.24, 2.45) is 11.7 Å². The molecule has 0 radical (unpaired) electrons. The van der Waals surface area contributed by atoms with Gasteiger partial charge in [-0.15, -0.1) is 0 Å². The van der Waals surface area contributed by atoms with Gasteiger partial charge in [-0.25, -0.2) is 4.79 Å². The molecule has 0 spiro atoms. The first-order valence-electron chi connectivity index (χ1n) is 8.39. The lowest BCUT2D eigenvalue weighted by Crippen LogP contribution is -2.46. The van der Waals surface area contributed by atoms with Crippen LogP contribution in [0, 0.1) is 5.92 Å². The van der Waals surface area contributed by atoms with Gasteiger partial charge < -0.3 is 20.1 Å². The van der Waals surface area contributed by atoms with Gasteiger partial charge in [0.1, 0.15) is 12.2 Å². The third kappa shape index (κ3) is 4.35. The number of nitrogens with zero attached hydrogens (tertiary/aromatic N) is 1. The van der Waals surface area contributed by atoms with Crippen molar-refractivity contribution in [3.8, 4) is 0 Å². The predicted octanol–water partition coefficient (Wildman–Crippen LogP) is 2.06. The van der Waals surface area contributed by atoms with Crippen LogP contribution in [0.15, 0.2) is 0 Å². The standard InChI is InChI=1S/C16H28N2O4/c1-3-18-10-13(22-16(18)20)8-4-6-12-7-5-9-14(15(12)17)21-11(2)19/h12-15H,3-10,17H2,1-2H3/t12?,13-,14?,15?/m0/s1. The molecule has 2 N–H and O–H groups in total. The number of nitrogens with two attached hydrogens (primary N) is 1. The first kappa shape index (κ1) is 17.1. The van der Waals surface area contributed by atoms with Crippen molar-refractivity contribution in [1.82, 2.24) is 4.90 Å². The van der Waals surface area contributed by atoms with Crippen LogP contribution in [-0.2, 0) is 14.3 Å². The summed E-state index contributed by atoms with van der Waals surface area (Å²) >= 11 is 0. The molecular weight excluding hydrogens is 284 g/mol. The molecule has 2 aliphatic rings. The van der Waals surface area contributed by atoms with Crippen LogP contribution >= 0.6 is 0 Å². The maximum Gasteiger partial charge on any atom is 0.410 e. The number of hydrogen-bond donors (Lipinski definition) is 1. The number of rotatable bonds is 6. The number of carbonyl (C=O) groups excluding carboxylic acids is 2. The largest absolute Gasteiger partial charge is 0.461 e. The maximum atomic E-state index is 11.5. The van der Waals surface area contributed by atoms with E-state index in [1.807, 2.05) is 6.92 Å². The van der Waals surface area contributed by atoms with Gasteiger partial charge in [0.15, 0.2) is 0 Å². The molecule has 0 aromatic carbocycles. The molecule has 2 rings (SSSR count). The quantitative estimate of drug-likeness (QED) is 0.759. The van der Waals surface area contributed by atoms with Crippen LogP contribution in [-0.4, -0.2) is 48.3 Å². The molecular formula is C16H28N2O4. The summed E-state index contributed by atoms with van der Waals surface area (Å²) in [7, 11) is 0. The molecule has 3 unspecified atom stereocenters. The molecule has 6 nitrogen and oxygen atoms in total. The summed E-state index contributed by atoms with van der Waals surface area (Å²) in [6, 6.07) is -0.0732. The molecule has 4 atom stereocenters. The fourth-order valence-corrected chi connectivity index (χ4v) is 3.55. The second-order valence-corrected chi connectivity index (χ2v) is 6.39. The lowest BCUT2D eigenvalue weighted by atomic mass is 9.80. The molecule has 126 valence electrons. The van der Waals surface area contributed by atoms with Gasteiger partial charge in [0.05, 0.1) is 6.54 Å². The van der Waals surface area contributed by atoms with E-state index in [1.165, 1.54) is 6.92 Å². The van der Waals surface area contributed by atoms with Gasteiger partial charge in [-0.2, -0.15) is 0 Å². The molecule has 0 aromatic heterocycles. The third-order valence-electron chi connectivity index (χ3n) is 4.79. The third-order valence-corrected chi connectivity index (χ3v) is 4.79. The van der Waals surface area contributed by atoms with Crippen molar-refractivity contribution in [2.75, 3.05) is 13.1 Å². The molecule has 1 aliphatic carbocycles. The number of esters is 1. The fraction of sp³-hybridized carbons (Fsp3) is 0.875. The average molecular weight is 312 g/mol. The van der Waals surface area contributed by atoms with E-state index in [0.29, 0.717) is 19.0 Å². The zero-order valence-electron chi connectivity index (χ0n) is 13.6. The number of likely N-dealkylation sites (N-methyl/N-ethyl adjacent to an activating group) is 1. The smallest absolute Gasteiger partial charge is 0.410 e. The van der Waals surface area contributed by atoms with Gasteiger partial charge in [-0.1, -0.05) is 0 Å². The van der Waals surface area contributed by atoms with Crippen LogP contribution in [0.1, 0.15) is 52.4 Å². The van der Waals surface area contributed by atoms with E-state index in [1.54, 1.807) is 4.90 Å². The average Bonchev–Trinajstić information content (AvgIpc) is 2.82. The molecule has 0 bridgehead atoms. The zero-order valence-corrected chi connectivity index (χ0v) is 13.6. The van der Waals surface area contributed by atoms with E-state index in [4.69, 9.17) is 15.2 Å². The Bertz CT molecular complexity index is 402. The van der Waals surface area contributed by atoms with Gasteiger partial charge in [0.25, 0.3) is 0 Å². The van der Waals surface area contributed by atoms with E-state index in [9.17, 15) is 9.59 Å². The van der Waals surface area contributed by atoms with Gasteiger partial charge in [-0.05, 0) is 51.4 Å². The maximum absolute atomic E-state index is 11.5. The first-order chi connectivity index (χ1) is 10.5. The van der Waals surface area contributed by atoms with E-state index in [0.717, 1.165) is 38.5 Å². The number of cyclic esters (lactones) is 1. The second kappa shape index (κ2) is 7.81. The summed E-state index contributed by atoms with van der Waals surface area (Å²) in [5.74, 6) is 0.135. The second-order valence-electron chi connectivity index (χ2n) is 6.39. The van der Waals surface area contributed by atoms with Crippen LogP contribution in [0.25, 0.3) is 0 Å². The Hall–Kier alpha value is -1.30. The zero-order chi connectivity index (χ0) is 16.1. The molecule has 6 heteroatoms. The van der Waals surface area contributed by atoms with Crippen LogP contribution < -0.4 is 5.73 Å². The summed E-state index contributed by atoms with van der Waals surface area (Å²) in [4.78, 5) is 24.4. The predicted molar refractivity (Wildman–Crippen MR) is 82.2 cm³/mol. The summed E-state index contributed by atoms with van der Waals surface area (Å²) in [6.45, 7) is 4.79. The van der Waals surface area contributed by atoms with Crippen molar-refractivity contribution in [3.05, 3.63) is 0 Å². The monoisotopic (exact) mass is 312 g/mol. The van der Waals surface area contributed by atoms with Crippen molar-refractivity contribution in [3.63, 3.8) is 0 Å². The van der Waals surface area contributed by atoms with Gasteiger partial charge in [0.2, 0.25) is 0 Å². The highest BCUT2D eigenvalue weighted by Crippen LogP contribution is 2.30. The Balaban J connectivity index is 1.72. The van der Waals surface area contributed by atoms with Crippen molar-refractivity contribution in [1.29, 1.82) is 0 Å². The minimum absolute atomic E-state index is 0.0107. The molecule has 2 fully saturated rings. The topological polar surface area (TPSA) is 81.9 Å². The highest BCUT2D eigenvalue weighted by molar-refractivity contribution is 5.69. The summed E-state index contributed by atoms with van der Waals surface area (Å²) < 4.78 is 10.7. The van der Waals surface area contributed by atoms with Crippen LogP contribution in [0.2, 0.25) is 0 Å². The van der Waals surface area contributed by atoms with E-state index in [-0.39, 0.29) is 30.3 Å². The molecule has 1 heterocycles. The molecule has 1 saturated heterocycles.